The Kier molecular flexibility index (Phi) is 5.16. The van der Waals surface area contributed by atoms with E-state index in [0.29, 0.717) is 0 Å². The second-order valence-electron chi connectivity index (χ2n) is 6.70. The van der Waals surface area contributed by atoms with Crippen molar-refractivity contribution in [2.75, 3.05) is 0 Å². The Morgan fingerprint density at radius 3 is 1.56 bits per heavy atom. The summed E-state index contributed by atoms with van der Waals surface area (Å²) in [5, 5.41) is 3.72. The highest BCUT2D eigenvalue weighted by molar-refractivity contribution is 7.80. The molecule has 2 heteroatoms. The molecule has 0 amide bonds. The van der Waals surface area contributed by atoms with E-state index in [1.165, 1.54) is 32.9 Å². The van der Waals surface area contributed by atoms with Crippen LogP contribution in [-0.2, 0) is 0 Å². The van der Waals surface area contributed by atoms with E-state index in [2.05, 4.69) is 70.2 Å². The number of hydrogen-bond acceptors (Lipinski definition) is 1. The zero-order chi connectivity index (χ0) is 18.0. The second-order valence-corrected chi connectivity index (χ2v) is 8.89. The summed E-state index contributed by atoms with van der Waals surface area (Å²) in [5.74, 6) is 0. The van der Waals surface area contributed by atoms with Crippen molar-refractivity contribution < 1.29 is 4.79 Å². The first-order chi connectivity index (χ1) is 12.0. The van der Waals surface area contributed by atoms with Crippen LogP contribution in [-0.4, -0.2) is 6.29 Å². The standard InChI is InChI=1S/C23H23OP/c1-16-9-17(2)12-21(11-16)25(22-13-18(3)10-19(4)14-22)23-8-6-5-7-20(23)15-24/h5-15H,1-4H3. The largest absolute Gasteiger partial charge is 0.298 e. The number of aldehydes is 1. The smallest absolute Gasteiger partial charge is 0.150 e. The quantitative estimate of drug-likeness (QED) is 0.502. The van der Waals surface area contributed by atoms with Gasteiger partial charge in [0.1, 0.15) is 0 Å². The lowest BCUT2D eigenvalue weighted by molar-refractivity contribution is 0.112. The summed E-state index contributed by atoms with van der Waals surface area (Å²) in [6.07, 6.45) is 0.982. The Morgan fingerprint density at radius 1 is 0.680 bits per heavy atom. The maximum absolute atomic E-state index is 11.7. The molecule has 0 atom stereocenters. The SMILES string of the molecule is Cc1cc(C)cc(P(c2cc(C)cc(C)c2)c2ccccc2C=O)c1. The maximum atomic E-state index is 11.7. The summed E-state index contributed by atoms with van der Waals surface area (Å²) in [4.78, 5) is 11.7. The lowest BCUT2D eigenvalue weighted by Gasteiger charge is -2.22. The van der Waals surface area contributed by atoms with Crippen LogP contribution in [0, 0.1) is 27.7 Å². The predicted octanol–water partition coefficient (Wildman–Crippen LogP) is 4.49. The molecular weight excluding hydrogens is 323 g/mol. The molecule has 25 heavy (non-hydrogen) atoms. The molecule has 0 spiro atoms. The molecule has 0 fully saturated rings. The molecule has 0 unspecified atom stereocenters. The van der Waals surface area contributed by atoms with Gasteiger partial charge in [-0.1, -0.05) is 82.9 Å². The van der Waals surface area contributed by atoms with Gasteiger partial charge in [0.2, 0.25) is 0 Å². The lowest BCUT2D eigenvalue weighted by atomic mass is 10.2. The molecule has 3 aromatic carbocycles. The van der Waals surface area contributed by atoms with Crippen LogP contribution in [0.1, 0.15) is 32.6 Å². The maximum Gasteiger partial charge on any atom is 0.150 e. The number of carbonyl (C=O) groups is 1. The van der Waals surface area contributed by atoms with Gasteiger partial charge in [-0.15, -0.1) is 0 Å². The fourth-order valence-corrected chi connectivity index (χ4v) is 6.18. The minimum Gasteiger partial charge on any atom is -0.298 e. The van der Waals surface area contributed by atoms with Gasteiger partial charge < -0.3 is 0 Å². The molecule has 0 aliphatic carbocycles. The van der Waals surface area contributed by atoms with Crippen LogP contribution in [0.3, 0.4) is 0 Å². The van der Waals surface area contributed by atoms with Gasteiger partial charge in [-0.05, 0) is 51.5 Å². The first kappa shape index (κ1) is 17.6. The molecule has 126 valence electrons. The molecule has 0 heterocycles. The van der Waals surface area contributed by atoms with Crippen molar-refractivity contribution in [3.8, 4) is 0 Å². The van der Waals surface area contributed by atoms with E-state index in [1.807, 2.05) is 18.2 Å². The van der Waals surface area contributed by atoms with Crippen LogP contribution in [0.4, 0.5) is 0 Å². The topological polar surface area (TPSA) is 17.1 Å². The predicted molar refractivity (Wildman–Crippen MR) is 109 cm³/mol. The third kappa shape index (κ3) is 3.89. The highest BCUT2D eigenvalue weighted by atomic mass is 31.1. The van der Waals surface area contributed by atoms with Gasteiger partial charge in [0, 0.05) is 5.56 Å². The number of hydrogen-bond donors (Lipinski definition) is 0. The van der Waals surface area contributed by atoms with Crippen LogP contribution in [0.15, 0.2) is 60.7 Å². The van der Waals surface area contributed by atoms with E-state index < -0.39 is 7.92 Å². The Hall–Kier alpha value is -2.24. The molecule has 0 bridgehead atoms. The van der Waals surface area contributed by atoms with E-state index in [1.54, 1.807) is 0 Å². The number of rotatable bonds is 4. The average molecular weight is 346 g/mol. The van der Waals surface area contributed by atoms with Crippen LogP contribution < -0.4 is 15.9 Å². The molecule has 0 N–H and O–H groups in total. The van der Waals surface area contributed by atoms with Crippen LogP contribution in [0.5, 0.6) is 0 Å². The Bertz CT molecular complexity index is 835. The number of aryl methyl sites for hydroxylation is 4. The van der Waals surface area contributed by atoms with Crippen LogP contribution in [0.25, 0.3) is 0 Å². The highest BCUT2D eigenvalue weighted by Crippen LogP contribution is 2.35. The molecule has 3 aromatic rings. The second kappa shape index (κ2) is 7.33. The summed E-state index contributed by atoms with van der Waals surface area (Å²) in [5.41, 5.74) is 5.82. The third-order valence-corrected chi connectivity index (χ3v) is 6.67. The molecular formula is C23H23OP. The summed E-state index contributed by atoms with van der Waals surface area (Å²) in [6, 6.07) is 21.4. The summed E-state index contributed by atoms with van der Waals surface area (Å²) < 4.78 is 0. The van der Waals surface area contributed by atoms with E-state index in [4.69, 9.17) is 0 Å². The normalized spacial score (nSPS) is 10.9. The van der Waals surface area contributed by atoms with Gasteiger partial charge in [-0.25, -0.2) is 0 Å². The number of carbonyl (C=O) groups excluding carboxylic acids is 1. The van der Waals surface area contributed by atoms with E-state index in [-0.39, 0.29) is 0 Å². The van der Waals surface area contributed by atoms with Gasteiger partial charge in [-0.3, -0.25) is 4.79 Å². The number of benzene rings is 3. The molecule has 0 radical (unpaired) electrons. The van der Waals surface area contributed by atoms with Crippen molar-refractivity contribution in [2.24, 2.45) is 0 Å². The third-order valence-electron chi connectivity index (χ3n) is 4.23. The van der Waals surface area contributed by atoms with Crippen molar-refractivity contribution in [3.63, 3.8) is 0 Å². The van der Waals surface area contributed by atoms with E-state index in [9.17, 15) is 4.79 Å². The fourth-order valence-electron chi connectivity index (χ4n) is 3.38. The van der Waals surface area contributed by atoms with Crippen molar-refractivity contribution >= 4 is 30.1 Å². The summed E-state index contributed by atoms with van der Waals surface area (Å²) in [7, 11) is -0.769. The monoisotopic (exact) mass is 346 g/mol. The van der Waals surface area contributed by atoms with Gasteiger partial charge in [0.25, 0.3) is 0 Å². The molecule has 0 aromatic heterocycles. The minimum absolute atomic E-state index is 0.769. The fraction of sp³-hybridized carbons (Fsp3) is 0.174. The molecule has 0 saturated heterocycles. The molecule has 0 aliphatic heterocycles. The van der Waals surface area contributed by atoms with Gasteiger partial charge >= 0.3 is 0 Å². The summed E-state index contributed by atoms with van der Waals surface area (Å²) in [6.45, 7) is 8.54. The van der Waals surface area contributed by atoms with E-state index >= 15 is 0 Å². The van der Waals surface area contributed by atoms with Crippen molar-refractivity contribution in [1.29, 1.82) is 0 Å². The van der Waals surface area contributed by atoms with Crippen LogP contribution in [0.2, 0.25) is 0 Å². The van der Waals surface area contributed by atoms with Crippen molar-refractivity contribution in [3.05, 3.63) is 88.5 Å². The average Bonchev–Trinajstić information content (AvgIpc) is 2.54. The first-order valence-corrected chi connectivity index (χ1v) is 9.83. The first-order valence-electron chi connectivity index (χ1n) is 8.49. The zero-order valence-electron chi connectivity index (χ0n) is 15.2. The van der Waals surface area contributed by atoms with Crippen molar-refractivity contribution in [2.45, 2.75) is 27.7 Å². The minimum atomic E-state index is -0.769. The Morgan fingerprint density at radius 2 is 1.12 bits per heavy atom. The molecule has 0 aliphatic rings. The molecule has 1 nitrogen and oxygen atoms in total. The zero-order valence-corrected chi connectivity index (χ0v) is 16.1. The van der Waals surface area contributed by atoms with Gasteiger partial charge in [0.15, 0.2) is 6.29 Å². The Balaban J connectivity index is 2.29. The van der Waals surface area contributed by atoms with E-state index in [0.717, 1.165) is 17.2 Å². The van der Waals surface area contributed by atoms with Gasteiger partial charge in [0.05, 0.1) is 0 Å². The lowest BCUT2D eigenvalue weighted by Crippen LogP contribution is -2.24. The summed E-state index contributed by atoms with van der Waals surface area (Å²) >= 11 is 0. The molecule has 0 saturated carbocycles. The van der Waals surface area contributed by atoms with Crippen LogP contribution >= 0.6 is 7.92 Å². The van der Waals surface area contributed by atoms with Gasteiger partial charge in [-0.2, -0.15) is 0 Å². The van der Waals surface area contributed by atoms with Crippen molar-refractivity contribution in [1.82, 2.24) is 0 Å². The highest BCUT2D eigenvalue weighted by Gasteiger charge is 2.20. The molecule has 3 rings (SSSR count). The Labute approximate surface area is 151 Å².